The van der Waals surface area contributed by atoms with Gasteiger partial charge in [0.05, 0.1) is 0 Å². The van der Waals surface area contributed by atoms with Crippen molar-refractivity contribution < 1.29 is 4.39 Å². The number of nitrogens with one attached hydrogen (secondary N) is 1. The first-order valence-corrected chi connectivity index (χ1v) is 6.94. The number of benzene rings is 1. The molecule has 1 saturated carbocycles. The average molecular weight is 249 g/mol. The highest BCUT2D eigenvalue weighted by Crippen LogP contribution is 2.44. The van der Waals surface area contributed by atoms with Crippen LogP contribution in [0.5, 0.6) is 0 Å². The fourth-order valence-corrected chi connectivity index (χ4v) is 3.46. The lowest BCUT2D eigenvalue weighted by Gasteiger charge is -2.34. The van der Waals surface area contributed by atoms with Crippen LogP contribution in [0.15, 0.2) is 24.3 Å². The predicted molar refractivity (Wildman–Crippen MR) is 74.1 cm³/mol. The minimum atomic E-state index is -0.131. The summed E-state index contributed by atoms with van der Waals surface area (Å²) in [5.41, 5.74) is 1.50. The van der Waals surface area contributed by atoms with E-state index in [-0.39, 0.29) is 5.82 Å². The molecule has 0 aliphatic heterocycles. The molecule has 100 valence electrons. The van der Waals surface area contributed by atoms with Crippen molar-refractivity contribution in [3.8, 4) is 0 Å². The first-order chi connectivity index (χ1) is 8.53. The lowest BCUT2D eigenvalue weighted by atomic mass is 9.76. The second-order valence-corrected chi connectivity index (χ2v) is 6.22. The second-order valence-electron chi connectivity index (χ2n) is 6.22. The lowest BCUT2D eigenvalue weighted by molar-refractivity contribution is 0.201. The van der Waals surface area contributed by atoms with Gasteiger partial charge in [-0.1, -0.05) is 32.4 Å². The smallest absolute Gasteiger partial charge is 0.123 e. The van der Waals surface area contributed by atoms with Crippen molar-refractivity contribution >= 4 is 0 Å². The molecule has 1 fully saturated rings. The van der Waals surface area contributed by atoms with Crippen LogP contribution >= 0.6 is 0 Å². The van der Waals surface area contributed by atoms with Gasteiger partial charge in [0.15, 0.2) is 0 Å². The summed E-state index contributed by atoms with van der Waals surface area (Å²) < 4.78 is 13.2. The monoisotopic (exact) mass is 249 g/mol. The van der Waals surface area contributed by atoms with Gasteiger partial charge in [-0.25, -0.2) is 4.39 Å². The van der Waals surface area contributed by atoms with E-state index in [9.17, 15) is 4.39 Å². The fraction of sp³-hybridized carbons (Fsp3) is 0.625. The zero-order chi connectivity index (χ0) is 13.2. The van der Waals surface area contributed by atoms with Crippen molar-refractivity contribution in [1.82, 2.24) is 5.32 Å². The van der Waals surface area contributed by atoms with Gasteiger partial charge in [0.2, 0.25) is 0 Å². The van der Waals surface area contributed by atoms with Crippen molar-refractivity contribution in [3.63, 3.8) is 0 Å². The Balaban J connectivity index is 2.10. The maximum atomic E-state index is 13.2. The van der Waals surface area contributed by atoms with Crippen LogP contribution in [0.1, 0.15) is 38.7 Å². The molecule has 2 heteroatoms. The maximum absolute atomic E-state index is 13.2. The topological polar surface area (TPSA) is 12.0 Å². The lowest BCUT2D eigenvalue weighted by Crippen LogP contribution is -2.40. The molecular weight excluding hydrogens is 225 g/mol. The summed E-state index contributed by atoms with van der Waals surface area (Å²) in [6.07, 6.45) is 4.83. The third kappa shape index (κ3) is 2.92. The summed E-state index contributed by atoms with van der Waals surface area (Å²) in [4.78, 5) is 0. The minimum absolute atomic E-state index is 0.131. The molecule has 1 aromatic carbocycles. The van der Waals surface area contributed by atoms with E-state index in [2.05, 4.69) is 19.2 Å². The number of rotatable bonds is 4. The SMILES string of the molecule is CNC(Cc1cccc(F)c1)C1CCCC1(C)C. The normalized spacial score (nSPS) is 24.1. The van der Waals surface area contributed by atoms with Crippen LogP contribution in [0.25, 0.3) is 0 Å². The van der Waals surface area contributed by atoms with E-state index in [0.717, 1.165) is 12.0 Å². The first kappa shape index (κ1) is 13.5. The molecule has 1 aliphatic carbocycles. The van der Waals surface area contributed by atoms with Crippen molar-refractivity contribution in [1.29, 1.82) is 0 Å². The van der Waals surface area contributed by atoms with E-state index in [1.807, 2.05) is 13.1 Å². The van der Waals surface area contributed by atoms with Crippen molar-refractivity contribution in [2.24, 2.45) is 11.3 Å². The molecule has 18 heavy (non-hydrogen) atoms. The molecule has 0 radical (unpaired) electrons. The third-order valence-corrected chi connectivity index (χ3v) is 4.54. The summed E-state index contributed by atoms with van der Waals surface area (Å²) >= 11 is 0. The average Bonchev–Trinajstić information content (AvgIpc) is 2.66. The van der Waals surface area contributed by atoms with Gasteiger partial charge < -0.3 is 5.32 Å². The molecule has 0 heterocycles. The Kier molecular flexibility index (Phi) is 4.06. The molecule has 0 bridgehead atoms. The van der Waals surface area contributed by atoms with Gasteiger partial charge in [0.25, 0.3) is 0 Å². The highest BCUT2D eigenvalue weighted by molar-refractivity contribution is 5.18. The highest BCUT2D eigenvalue weighted by atomic mass is 19.1. The standard InChI is InChI=1S/C16H24FN/c1-16(2)9-5-8-14(16)15(18-3)11-12-6-4-7-13(17)10-12/h4,6-7,10,14-15,18H,5,8-9,11H2,1-3H3. The van der Waals surface area contributed by atoms with Crippen LogP contribution in [0.4, 0.5) is 4.39 Å². The van der Waals surface area contributed by atoms with Crippen LogP contribution in [-0.2, 0) is 6.42 Å². The molecule has 1 aromatic rings. The molecule has 1 aliphatic rings. The molecule has 2 atom stereocenters. The Morgan fingerprint density at radius 2 is 2.22 bits per heavy atom. The Labute approximate surface area is 110 Å². The van der Waals surface area contributed by atoms with Crippen LogP contribution in [0, 0.1) is 17.2 Å². The van der Waals surface area contributed by atoms with E-state index in [4.69, 9.17) is 0 Å². The number of likely N-dealkylation sites (N-methyl/N-ethyl adjacent to an activating group) is 1. The quantitative estimate of drug-likeness (QED) is 0.856. The first-order valence-electron chi connectivity index (χ1n) is 6.94. The predicted octanol–water partition coefficient (Wildman–Crippen LogP) is 3.78. The van der Waals surface area contributed by atoms with E-state index < -0.39 is 0 Å². The van der Waals surface area contributed by atoms with Gasteiger partial charge in [-0.05, 0) is 55.3 Å². The van der Waals surface area contributed by atoms with Crippen molar-refractivity contribution in [2.45, 2.75) is 45.6 Å². The molecule has 1 nitrogen and oxygen atoms in total. The summed E-state index contributed by atoms with van der Waals surface area (Å²) in [5.74, 6) is 0.554. The van der Waals surface area contributed by atoms with E-state index in [1.165, 1.54) is 25.3 Å². The van der Waals surface area contributed by atoms with Crippen LogP contribution < -0.4 is 5.32 Å². The minimum Gasteiger partial charge on any atom is -0.316 e. The molecule has 0 amide bonds. The van der Waals surface area contributed by atoms with Crippen LogP contribution in [-0.4, -0.2) is 13.1 Å². The zero-order valence-electron chi connectivity index (χ0n) is 11.7. The molecule has 0 saturated heterocycles. The van der Waals surface area contributed by atoms with Crippen molar-refractivity contribution in [2.75, 3.05) is 7.05 Å². The Morgan fingerprint density at radius 1 is 1.44 bits per heavy atom. The number of hydrogen-bond donors (Lipinski definition) is 1. The van der Waals surface area contributed by atoms with Crippen molar-refractivity contribution in [3.05, 3.63) is 35.6 Å². The molecular formula is C16H24FN. The van der Waals surface area contributed by atoms with Gasteiger partial charge in [-0.2, -0.15) is 0 Å². The molecule has 2 rings (SSSR count). The maximum Gasteiger partial charge on any atom is 0.123 e. The molecule has 1 N–H and O–H groups in total. The van der Waals surface area contributed by atoms with Gasteiger partial charge in [-0.3, -0.25) is 0 Å². The summed E-state index contributed by atoms with van der Waals surface area (Å²) in [5, 5.41) is 3.45. The van der Waals surface area contributed by atoms with E-state index >= 15 is 0 Å². The summed E-state index contributed by atoms with van der Waals surface area (Å²) in [6.45, 7) is 4.72. The molecule has 0 spiro atoms. The Morgan fingerprint density at radius 3 is 2.78 bits per heavy atom. The Hall–Kier alpha value is -0.890. The molecule has 0 aromatic heterocycles. The highest BCUT2D eigenvalue weighted by Gasteiger charge is 2.38. The molecule has 2 unspecified atom stereocenters. The van der Waals surface area contributed by atoms with E-state index in [0.29, 0.717) is 17.4 Å². The third-order valence-electron chi connectivity index (χ3n) is 4.54. The van der Waals surface area contributed by atoms with Crippen LogP contribution in [0.3, 0.4) is 0 Å². The van der Waals surface area contributed by atoms with Gasteiger partial charge >= 0.3 is 0 Å². The summed E-state index contributed by atoms with van der Waals surface area (Å²) in [7, 11) is 2.03. The zero-order valence-corrected chi connectivity index (χ0v) is 11.7. The summed E-state index contributed by atoms with van der Waals surface area (Å²) in [6, 6.07) is 7.44. The van der Waals surface area contributed by atoms with Gasteiger partial charge in [-0.15, -0.1) is 0 Å². The van der Waals surface area contributed by atoms with Gasteiger partial charge in [0, 0.05) is 6.04 Å². The second kappa shape index (κ2) is 5.40. The van der Waals surface area contributed by atoms with Gasteiger partial charge in [0.1, 0.15) is 5.82 Å². The number of hydrogen-bond acceptors (Lipinski definition) is 1. The van der Waals surface area contributed by atoms with E-state index in [1.54, 1.807) is 12.1 Å². The number of halogens is 1. The van der Waals surface area contributed by atoms with Crippen LogP contribution in [0.2, 0.25) is 0 Å². The Bertz CT molecular complexity index is 400. The largest absolute Gasteiger partial charge is 0.316 e. The fourth-order valence-electron chi connectivity index (χ4n) is 3.46.